The quantitative estimate of drug-likeness (QED) is 0.453. The van der Waals surface area contributed by atoms with Gasteiger partial charge < -0.3 is 14.8 Å². The highest BCUT2D eigenvalue weighted by molar-refractivity contribution is 7.92. The van der Waals surface area contributed by atoms with Crippen molar-refractivity contribution in [1.29, 1.82) is 0 Å². The molecule has 0 unspecified atom stereocenters. The minimum absolute atomic E-state index is 0.0285. The first-order valence-electron chi connectivity index (χ1n) is 10.7. The number of sulfonamides is 1. The molecule has 0 fully saturated rings. The second-order valence-corrected chi connectivity index (χ2v) is 9.23. The van der Waals surface area contributed by atoms with Crippen LogP contribution in [0.4, 0.5) is 5.69 Å². The molecule has 0 aliphatic carbocycles. The van der Waals surface area contributed by atoms with E-state index in [9.17, 15) is 13.2 Å². The largest absolute Gasteiger partial charge is 0.494 e. The average Bonchev–Trinajstić information content (AvgIpc) is 2.79. The minimum Gasteiger partial charge on any atom is -0.494 e. The van der Waals surface area contributed by atoms with Gasteiger partial charge in [0.25, 0.3) is 15.9 Å². The van der Waals surface area contributed by atoms with Crippen molar-refractivity contribution in [3.05, 3.63) is 83.9 Å². The van der Waals surface area contributed by atoms with Crippen molar-refractivity contribution in [2.45, 2.75) is 38.3 Å². The molecule has 1 amide bonds. The molecule has 0 atom stereocenters. The van der Waals surface area contributed by atoms with Crippen molar-refractivity contribution in [2.75, 3.05) is 11.3 Å². The van der Waals surface area contributed by atoms with E-state index in [0.717, 1.165) is 11.3 Å². The summed E-state index contributed by atoms with van der Waals surface area (Å²) in [5.74, 6) is 1.06. The molecule has 0 aliphatic heterocycles. The van der Waals surface area contributed by atoms with E-state index in [-0.39, 0.29) is 16.9 Å². The van der Waals surface area contributed by atoms with Crippen molar-refractivity contribution in [1.82, 2.24) is 5.32 Å². The molecule has 0 aromatic heterocycles. The smallest absolute Gasteiger partial charge is 0.261 e. The molecule has 174 valence electrons. The molecule has 2 N–H and O–H groups in total. The monoisotopic (exact) mass is 468 g/mol. The van der Waals surface area contributed by atoms with Gasteiger partial charge in [0.2, 0.25) is 0 Å². The van der Waals surface area contributed by atoms with Crippen LogP contribution in [0.2, 0.25) is 0 Å². The zero-order valence-electron chi connectivity index (χ0n) is 18.9. The van der Waals surface area contributed by atoms with E-state index in [2.05, 4.69) is 10.0 Å². The van der Waals surface area contributed by atoms with Crippen LogP contribution in [0.15, 0.2) is 77.7 Å². The summed E-state index contributed by atoms with van der Waals surface area (Å²) < 4.78 is 38.9. The molecular formula is C25H28N2O5S. The SMILES string of the molecule is CCOc1ccc(S(=O)(=O)Nc2ccc(C(=O)NCc3ccccc3OC(C)C)cc2)cc1. The summed E-state index contributed by atoms with van der Waals surface area (Å²) >= 11 is 0. The van der Waals surface area contributed by atoms with Gasteiger partial charge in [-0.05, 0) is 75.4 Å². The second-order valence-electron chi connectivity index (χ2n) is 7.54. The molecule has 3 rings (SSSR count). The first-order valence-corrected chi connectivity index (χ1v) is 12.2. The molecule has 0 heterocycles. The lowest BCUT2D eigenvalue weighted by atomic mass is 10.1. The summed E-state index contributed by atoms with van der Waals surface area (Å²) in [6.45, 7) is 6.56. The highest BCUT2D eigenvalue weighted by Gasteiger charge is 2.15. The van der Waals surface area contributed by atoms with E-state index < -0.39 is 10.0 Å². The summed E-state index contributed by atoms with van der Waals surface area (Å²) in [6.07, 6.45) is 0.0285. The lowest BCUT2D eigenvalue weighted by Crippen LogP contribution is -2.23. The normalized spacial score (nSPS) is 11.2. The molecule has 33 heavy (non-hydrogen) atoms. The van der Waals surface area contributed by atoms with Crippen LogP contribution in [0.1, 0.15) is 36.7 Å². The molecule has 3 aromatic rings. The van der Waals surface area contributed by atoms with Gasteiger partial charge in [0.05, 0.1) is 17.6 Å². The summed E-state index contributed by atoms with van der Waals surface area (Å²) in [7, 11) is -3.76. The third kappa shape index (κ3) is 6.73. The van der Waals surface area contributed by atoms with Crippen LogP contribution in [0.5, 0.6) is 11.5 Å². The number of benzene rings is 3. The maximum absolute atomic E-state index is 12.6. The second kappa shape index (κ2) is 10.9. The maximum atomic E-state index is 12.6. The Balaban J connectivity index is 1.62. The standard InChI is InChI=1S/C25H28N2O5S/c1-4-31-22-13-15-23(16-14-22)33(29,30)27-21-11-9-19(10-12-21)25(28)26-17-20-7-5-6-8-24(20)32-18(2)3/h5-16,18,27H,4,17H2,1-3H3,(H,26,28). The predicted molar refractivity (Wildman–Crippen MR) is 128 cm³/mol. The number of amides is 1. The summed E-state index contributed by atoms with van der Waals surface area (Å²) in [5, 5.41) is 2.87. The average molecular weight is 469 g/mol. The number of carbonyl (C=O) groups excluding carboxylic acids is 1. The Hall–Kier alpha value is -3.52. The van der Waals surface area contributed by atoms with E-state index in [4.69, 9.17) is 9.47 Å². The van der Waals surface area contributed by atoms with E-state index in [1.807, 2.05) is 45.0 Å². The molecule has 0 saturated heterocycles. The van der Waals surface area contributed by atoms with Crippen LogP contribution in [-0.4, -0.2) is 27.0 Å². The fraction of sp³-hybridized carbons (Fsp3) is 0.240. The summed E-state index contributed by atoms with van der Waals surface area (Å²) in [6, 6.07) is 20.0. The summed E-state index contributed by atoms with van der Waals surface area (Å²) in [5.41, 5.74) is 1.65. The van der Waals surface area contributed by atoms with Gasteiger partial charge in [-0.2, -0.15) is 0 Å². The Labute approximate surface area is 194 Å². The molecule has 0 saturated carbocycles. The number of para-hydroxylation sites is 1. The van der Waals surface area contributed by atoms with Crippen molar-refractivity contribution < 1.29 is 22.7 Å². The third-order valence-electron chi connectivity index (χ3n) is 4.62. The van der Waals surface area contributed by atoms with Crippen LogP contribution in [-0.2, 0) is 16.6 Å². The van der Waals surface area contributed by atoms with Gasteiger partial charge >= 0.3 is 0 Å². The molecule has 0 radical (unpaired) electrons. The molecule has 7 nitrogen and oxygen atoms in total. The number of hydrogen-bond acceptors (Lipinski definition) is 5. The van der Waals surface area contributed by atoms with Crippen molar-refractivity contribution in [2.24, 2.45) is 0 Å². The van der Waals surface area contributed by atoms with Crippen LogP contribution in [0.25, 0.3) is 0 Å². The topological polar surface area (TPSA) is 93.7 Å². The maximum Gasteiger partial charge on any atom is 0.261 e. The molecule has 0 spiro atoms. The van der Waals surface area contributed by atoms with Crippen LogP contribution in [0.3, 0.4) is 0 Å². The number of nitrogens with one attached hydrogen (secondary N) is 2. The number of ether oxygens (including phenoxy) is 2. The minimum atomic E-state index is -3.76. The lowest BCUT2D eigenvalue weighted by Gasteiger charge is -2.14. The van der Waals surface area contributed by atoms with Crippen LogP contribution >= 0.6 is 0 Å². The number of anilines is 1. The van der Waals surface area contributed by atoms with Gasteiger partial charge in [0.1, 0.15) is 11.5 Å². The van der Waals surface area contributed by atoms with E-state index in [1.54, 1.807) is 36.4 Å². The van der Waals surface area contributed by atoms with Gasteiger partial charge in [-0.25, -0.2) is 8.42 Å². The third-order valence-corrected chi connectivity index (χ3v) is 6.02. The molecule has 3 aromatic carbocycles. The van der Waals surface area contributed by atoms with Gasteiger partial charge in [0.15, 0.2) is 0 Å². The molecule has 0 aliphatic rings. The molecular weight excluding hydrogens is 440 g/mol. The van der Waals surface area contributed by atoms with Crippen molar-refractivity contribution in [3.8, 4) is 11.5 Å². The number of hydrogen-bond donors (Lipinski definition) is 2. The lowest BCUT2D eigenvalue weighted by molar-refractivity contribution is 0.0950. The zero-order chi connectivity index (χ0) is 23.8. The Bertz CT molecular complexity index is 1170. The van der Waals surface area contributed by atoms with Crippen LogP contribution in [0, 0.1) is 0 Å². The Morgan fingerprint density at radius 2 is 1.61 bits per heavy atom. The Kier molecular flexibility index (Phi) is 7.95. The summed E-state index contributed by atoms with van der Waals surface area (Å²) in [4.78, 5) is 12.7. The number of carbonyl (C=O) groups is 1. The Morgan fingerprint density at radius 1 is 0.939 bits per heavy atom. The van der Waals surface area contributed by atoms with Gasteiger partial charge in [-0.15, -0.1) is 0 Å². The van der Waals surface area contributed by atoms with E-state index >= 15 is 0 Å². The van der Waals surface area contributed by atoms with Gasteiger partial charge in [-0.1, -0.05) is 18.2 Å². The van der Waals surface area contributed by atoms with E-state index in [1.165, 1.54) is 12.1 Å². The fourth-order valence-corrected chi connectivity index (χ4v) is 4.14. The fourth-order valence-electron chi connectivity index (χ4n) is 3.08. The van der Waals surface area contributed by atoms with Crippen molar-refractivity contribution >= 4 is 21.6 Å². The van der Waals surface area contributed by atoms with Crippen molar-refractivity contribution in [3.63, 3.8) is 0 Å². The van der Waals surface area contributed by atoms with E-state index in [0.29, 0.717) is 30.2 Å². The van der Waals surface area contributed by atoms with Gasteiger partial charge in [-0.3, -0.25) is 9.52 Å². The Morgan fingerprint density at radius 3 is 2.24 bits per heavy atom. The highest BCUT2D eigenvalue weighted by atomic mass is 32.2. The zero-order valence-corrected chi connectivity index (χ0v) is 19.7. The van der Waals surface area contributed by atoms with Crippen LogP contribution < -0.4 is 19.5 Å². The highest BCUT2D eigenvalue weighted by Crippen LogP contribution is 2.21. The van der Waals surface area contributed by atoms with Gasteiger partial charge in [0, 0.05) is 23.4 Å². The predicted octanol–water partition coefficient (Wildman–Crippen LogP) is 4.60. The number of rotatable bonds is 10. The molecule has 0 bridgehead atoms. The first kappa shape index (κ1) is 24.1. The molecule has 8 heteroatoms. The first-order chi connectivity index (χ1) is 15.8.